The number of nitrogens with one attached hydrogen (secondary N) is 1. The minimum absolute atomic E-state index is 0.0882. The predicted octanol–water partition coefficient (Wildman–Crippen LogP) is 5.73. The molecule has 1 atom stereocenters. The third-order valence-electron chi connectivity index (χ3n) is 8.31. The second-order valence-corrected chi connectivity index (χ2v) is 12.3. The maximum atomic E-state index is 15.1. The Hall–Kier alpha value is -3.21. The quantitative estimate of drug-likeness (QED) is 0.321. The molecule has 0 aliphatic carbocycles. The number of pyridine rings is 2. The van der Waals surface area contributed by atoms with E-state index in [9.17, 15) is 4.79 Å². The Labute approximate surface area is 237 Å². The number of fused-ring (bicyclic) bond motifs is 1. The van der Waals surface area contributed by atoms with Gasteiger partial charge in [-0.1, -0.05) is 19.9 Å². The first kappa shape index (κ1) is 27.0. The van der Waals surface area contributed by atoms with Crippen molar-refractivity contribution in [1.29, 1.82) is 0 Å². The number of likely N-dealkylation sites (tertiary alicyclic amines) is 1. The highest BCUT2D eigenvalue weighted by atomic mass is 32.1. The Morgan fingerprint density at radius 2 is 1.95 bits per heavy atom. The molecule has 6 heterocycles. The van der Waals surface area contributed by atoms with E-state index in [-0.39, 0.29) is 23.1 Å². The summed E-state index contributed by atoms with van der Waals surface area (Å²) in [5, 5.41) is 3.76. The standard InChI is InChI=1S/C30H35FN6O2S/c1-17(2)22-15-36(4)29(38)25-18(3)27(40-28(22)25)26-23(31)14-33-30(35-26)34-24-6-5-20(13-32-24)19-7-10-37(11-8-19)21-9-12-39-16-21/h5-6,13-15,17,19,21H,7-12,16H2,1-4H3,(H,32,33,34,35). The second-order valence-electron chi connectivity index (χ2n) is 11.2. The van der Waals surface area contributed by atoms with Crippen LogP contribution < -0.4 is 10.9 Å². The molecule has 0 radical (unpaired) electrons. The first-order valence-electron chi connectivity index (χ1n) is 14.0. The van der Waals surface area contributed by atoms with Crippen molar-refractivity contribution in [2.75, 3.05) is 31.6 Å². The summed E-state index contributed by atoms with van der Waals surface area (Å²) in [6, 6.07) is 4.62. The molecular formula is C30H35FN6O2S. The smallest absolute Gasteiger partial charge is 0.259 e. The fourth-order valence-electron chi connectivity index (χ4n) is 5.94. The van der Waals surface area contributed by atoms with Crippen LogP contribution in [0.15, 0.2) is 35.5 Å². The SMILES string of the molecule is Cc1c(-c2nc(Nc3ccc(C4CCN(C5CCOC5)CC4)cn3)ncc2F)sc2c(C(C)C)cn(C)c(=O)c12. The zero-order valence-corrected chi connectivity index (χ0v) is 24.2. The molecule has 0 amide bonds. The molecule has 0 spiro atoms. The van der Waals surface area contributed by atoms with Gasteiger partial charge >= 0.3 is 0 Å². The van der Waals surface area contributed by atoms with Crippen LogP contribution in [0.2, 0.25) is 0 Å². The van der Waals surface area contributed by atoms with E-state index in [1.54, 1.807) is 11.6 Å². The van der Waals surface area contributed by atoms with Gasteiger partial charge in [0.05, 0.1) is 23.1 Å². The van der Waals surface area contributed by atoms with Crippen LogP contribution >= 0.6 is 11.3 Å². The van der Waals surface area contributed by atoms with Gasteiger partial charge in [-0.05, 0) is 73.9 Å². The Balaban J connectivity index is 1.22. The summed E-state index contributed by atoms with van der Waals surface area (Å²) < 4.78 is 23.1. The van der Waals surface area contributed by atoms with Crippen molar-refractivity contribution in [3.8, 4) is 10.6 Å². The van der Waals surface area contributed by atoms with Crippen molar-refractivity contribution in [2.24, 2.45) is 7.05 Å². The highest BCUT2D eigenvalue weighted by molar-refractivity contribution is 7.22. The monoisotopic (exact) mass is 562 g/mol. The van der Waals surface area contributed by atoms with Gasteiger partial charge in [-0.3, -0.25) is 9.69 Å². The number of piperidine rings is 1. The average molecular weight is 563 g/mol. The Bertz CT molecular complexity index is 1580. The van der Waals surface area contributed by atoms with Crippen molar-refractivity contribution < 1.29 is 9.13 Å². The van der Waals surface area contributed by atoms with Gasteiger partial charge in [-0.2, -0.15) is 0 Å². The lowest BCUT2D eigenvalue weighted by atomic mass is 9.90. The van der Waals surface area contributed by atoms with Crippen LogP contribution in [0.1, 0.15) is 61.6 Å². The molecule has 8 nitrogen and oxygen atoms in total. The molecule has 2 aliphatic rings. The summed E-state index contributed by atoms with van der Waals surface area (Å²) >= 11 is 1.41. The predicted molar refractivity (Wildman–Crippen MR) is 157 cm³/mol. The lowest BCUT2D eigenvalue weighted by molar-refractivity contribution is 0.122. The maximum Gasteiger partial charge on any atom is 0.259 e. The Morgan fingerprint density at radius 3 is 2.62 bits per heavy atom. The number of halogens is 1. The van der Waals surface area contributed by atoms with Gasteiger partial charge in [0.25, 0.3) is 5.56 Å². The van der Waals surface area contributed by atoms with E-state index in [0.717, 1.165) is 61.4 Å². The molecule has 1 N–H and O–H groups in total. The number of hydrogen-bond donors (Lipinski definition) is 1. The normalized spacial score (nSPS) is 18.7. The molecule has 40 heavy (non-hydrogen) atoms. The zero-order valence-electron chi connectivity index (χ0n) is 23.4. The molecule has 2 saturated heterocycles. The topological polar surface area (TPSA) is 85.2 Å². The molecule has 2 fully saturated rings. The molecule has 1 unspecified atom stereocenters. The third kappa shape index (κ3) is 5.04. The summed E-state index contributed by atoms with van der Waals surface area (Å²) in [5.74, 6) is 1.05. The van der Waals surface area contributed by atoms with Gasteiger partial charge in [0.2, 0.25) is 5.95 Å². The number of rotatable bonds is 6. The van der Waals surface area contributed by atoms with Gasteiger partial charge in [0.15, 0.2) is 5.82 Å². The van der Waals surface area contributed by atoms with Crippen molar-refractivity contribution in [1.82, 2.24) is 24.4 Å². The van der Waals surface area contributed by atoms with E-state index in [1.807, 2.05) is 25.4 Å². The van der Waals surface area contributed by atoms with Gasteiger partial charge in [-0.15, -0.1) is 11.3 Å². The number of anilines is 2. The molecule has 6 rings (SSSR count). The van der Waals surface area contributed by atoms with E-state index < -0.39 is 5.82 Å². The zero-order chi connectivity index (χ0) is 28.0. The van der Waals surface area contributed by atoms with Crippen LogP contribution in [0, 0.1) is 12.7 Å². The second kappa shape index (κ2) is 11.0. The van der Waals surface area contributed by atoms with Gasteiger partial charge < -0.3 is 14.6 Å². The van der Waals surface area contributed by atoms with Crippen LogP contribution in [-0.4, -0.2) is 56.8 Å². The highest BCUT2D eigenvalue weighted by Crippen LogP contribution is 2.40. The summed E-state index contributed by atoms with van der Waals surface area (Å²) in [7, 11) is 1.75. The molecule has 10 heteroatoms. The van der Waals surface area contributed by atoms with Crippen molar-refractivity contribution >= 4 is 33.2 Å². The minimum Gasteiger partial charge on any atom is -0.380 e. The van der Waals surface area contributed by atoms with Crippen LogP contribution in [0.4, 0.5) is 16.2 Å². The highest BCUT2D eigenvalue weighted by Gasteiger charge is 2.28. The molecule has 2 aliphatic heterocycles. The number of aromatic nitrogens is 4. The van der Waals surface area contributed by atoms with E-state index in [0.29, 0.717) is 28.0 Å². The first-order chi connectivity index (χ1) is 19.3. The van der Waals surface area contributed by atoms with Gasteiger partial charge in [0, 0.05) is 36.8 Å². The van der Waals surface area contributed by atoms with Crippen LogP contribution in [0.3, 0.4) is 0 Å². The van der Waals surface area contributed by atoms with Crippen LogP contribution in [0.25, 0.3) is 20.7 Å². The summed E-state index contributed by atoms with van der Waals surface area (Å²) in [4.78, 5) is 29.5. The lowest BCUT2D eigenvalue weighted by Crippen LogP contribution is -2.41. The molecule has 4 aromatic heterocycles. The van der Waals surface area contributed by atoms with E-state index >= 15 is 4.39 Å². The number of hydrogen-bond acceptors (Lipinski definition) is 8. The number of thiophene rings is 1. The summed E-state index contributed by atoms with van der Waals surface area (Å²) in [6.07, 6.45) is 8.34. The molecule has 0 aromatic carbocycles. The Morgan fingerprint density at radius 1 is 1.15 bits per heavy atom. The third-order valence-corrected chi connectivity index (χ3v) is 9.65. The van der Waals surface area contributed by atoms with E-state index in [4.69, 9.17) is 4.74 Å². The summed E-state index contributed by atoms with van der Waals surface area (Å²) in [5.41, 5.74) is 3.13. The minimum atomic E-state index is -0.526. The number of ether oxygens (including phenoxy) is 1. The van der Waals surface area contributed by atoms with Crippen molar-refractivity contribution in [3.63, 3.8) is 0 Å². The van der Waals surface area contributed by atoms with E-state index in [2.05, 4.69) is 45.1 Å². The molecule has 210 valence electrons. The summed E-state index contributed by atoms with van der Waals surface area (Å²) in [6.45, 7) is 9.97. The molecule has 0 bridgehead atoms. The fraction of sp³-hybridized carbons (Fsp3) is 0.467. The van der Waals surface area contributed by atoms with Crippen LogP contribution in [-0.2, 0) is 11.8 Å². The Kier molecular flexibility index (Phi) is 7.41. The van der Waals surface area contributed by atoms with Crippen molar-refractivity contribution in [2.45, 2.75) is 57.9 Å². The lowest BCUT2D eigenvalue weighted by Gasteiger charge is -2.35. The largest absolute Gasteiger partial charge is 0.380 e. The number of nitrogens with zero attached hydrogens (tertiary/aromatic N) is 5. The fourth-order valence-corrected chi connectivity index (χ4v) is 7.39. The molecule has 4 aromatic rings. The maximum absolute atomic E-state index is 15.1. The van der Waals surface area contributed by atoms with Gasteiger partial charge in [-0.25, -0.2) is 19.3 Å². The van der Waals surface area contributed by atoms with Crippen molar-refractivity contribution in [3.05, 3.63) is 63.6 Å². The van der Waals surface area contributed by atoms with Crippen LogP contribution in [0.5, 0.6) is 0 Å². The molecular weight excluding hydrogens is 527 g/mol. The number of aryl methyl sites for hydroxylation is 2. The van der Waals surface area contributed by atoms with Gasteiger partial charge in [0.1, 0.15) is 11.5 Å². The first-order valence-corrected chi connectivity index (χ1v) is 14.8. The van der Waals surface area contributed by atoms with E-state index in [1.165, 1.54) is 23.1 Å². The average Bonchev–Trinajstić information content (AvgIpc) is 3.61. The molecule has 0 saturated carbocycles.